The summed E-state index contributed by atoms with van der Waals surface area (Å²) in [6.07, 6.45) is 1.93. The molecule has 0 bridgehead atoms. The van der Waals surface area contributed by atoms with Crippen molar-refractivity contribution in [3.63, 3.8) is 0 Å². The zero-order chi connectivity index (χ0) is 11.7. The van der Waals surface area contributed by atoms with Gasteiger partial charge in [-0.1, -0.05) is 12.1 Å². The Morgan fingerprint density at radius 2 is 2.12 bits per heavy atom. The van der Waals surface area contributed by atoms with Crippen LogP contribution in [0, 0.1) is 13.8 Å². The minimum absolute atomic E-state index is 0.598. The van der Waals surface area contributed by atoms with Crippen molar-refractivity contribution >= 4 is 10.9 Å². The number of benzene rings is 1. The number of hydrogen-bond donors (Lipinski definition) is 1. The molecule has 2 rings (SSSR count). The molecule has 2 heteroatoms. The van der Waals surface area contributed by atoms with Crippen LogP contribution in [0.1, 0.15) is 16.8 Å². The van der Waals surface area contributed by atoms with E-state index in [9.17, 15) is 0 Å². The molecule has 1 aromatic carbocycles. The van der Waals surface area contributed by atoms with Crippen LogP contribution in [-0.2, 0) is 13.1 Å². The Labute approximate surface area is 96.4 Å². The Hall–Kier alpha value is -1.54. The highest BCUT2D eigenvalue weighted by Crippen LogP contribution is 2.26. The number of nitrogens with two attached hydrogens (primary N) is 1. The third-order valence-electron chi connectivity index (χ3n) is 3.25. The van der Waals surface area contributed by atoms with Crippen molar-refractivity contribution in [3.8, 4) is 0 Å². The van der Waals surface area contributed by atoms with E-state index in [1.165, 1.54) is 27.7 Å². The number of fused-ring (bicyclic) bond motifs is 1. The Morgan fingerprint density at radius 3 is 2.75 bits per heavy atom. The molecule has 0 aliphatic rings. The van der Waals surface area contributed by atoms with Gasteiger partial charge in [-0.15, -0.1) is 6.58 Å². The summed E-state index contributed by atoms with van der Waals surface area (Å²) in [5.41, 5.74) is 10.8. The fourth-order valence-electron chi connectivity index (χ4n) is 2.19. The van der Waals surface area contributed by atoms with Gasteiger partial charge >= 0.3 is 0 Å². The highest BCUT2D eigenvalue weighted by Gasteiger charge is 2.09. The molecule has 0 saturated heterocycles. The lowest BCUT2D eigenvalue weighted by Gasteiger charge is -2.04. The fourth-order valence-corrected chi connectivity index (χ4v) is 2.19. The number of rotatable bonds is 3. The predicted octanol–water partition coefficient (Wildman–Crippen LogP) is 2.90. The predicted molar refractivity (Wildman–Crippen MR) is 69.5 cm³/mol. The van der Waals surface area contributed by atoms with Crippen LogP contribution >= 0.6 is 0 Å². The van der Waals surface area contributed by atoms with E-state index < -0.39 is 0 Å². The number of aryl methyl sites for hydroxylation is 1. The molecule has 16 heavy (non-hydrogen) atoms. The molecule has 84 valence electrons. The van der Waals surface area contributed by atoms with Gasteiger partial charge in [-0.3, -0.25) is 0 Å². The van der Waals surface area contributed by atoms with Gasteiger partial charge in [-0.25, -0.2) is 0 Å². The summed E-state index contributed by atoms with van der Waals surface area (Å²) in [4.78, 5) is 0. The average Bonchev–Trinajstić information content (AvgIpc) is 2.54. The van der Waals surface area contributed by atoms with E-state index in [4.69, 9.17) is 5.73 Å². The molecule has 0 radical (unpaired) electrons. The summed E-state index contributed by atoms with van der Waals surface area (Å²) >= 11 is 0. The molecule has 1 heterocycles. The maximum Gasteiger partial charge on any atom is 0.0488 e. The Balaban J connectivity index is 2.73. The van der Waals surface area contributed by atoms with Crippen LogP contribution in [-0.4, -0.2) is 4.57 Å². The standard InChI is InChI=1S/C14H18N2/c1-4-7-16-11(3)10(2)13-8-12(9-15)5-6-14(13)16/h4-6,8H,1,7,9,15H2,2-3H3. The molecule has 0 unspecified atom stereocenters. The maximum absolute atomic E-state index is 5.67. The molecule has 2 nitrogen and oxygen atoms in total. The molecule has 2 aromatic rings. The van der Waals surface area contributed by atoms with Crippen LogP contribution in [0.15, 0.2) is 30.9 Å². The largest absolute Gasteiger partial charge is 0.341 e. The van der Waals surface area contributed by atoms with E-state index in [0.717, 1.165) is 6.54 Å². The third-order valence-corrected chi connectivity index (χ3v) is 3.25. The van der Waals surface area contributed by atoms with Crippen LogP contribution in [0.5, 0.6) is 0 Å². The fraction of sp³-hybridized carbons (Fsp3) is 0.286. The van der Waals surface area contributed by atoms with Gasteiger partial charge in [0.05, 0.1) is 0 Å². The lowest BCUT2D eigenvalue weighted by molar-refractivity contribution is 0.824. The number of nitrogens with zero attached hydrogens (tertiary/aromatic N) is 1. The van der Waals surface area contributed by atoms with Gasteiger partial charge in [-0.05, 0) is 37.1 Å². The van der Waals surface area contributed by atoms with Gasteiger partial charge in [0.25, 0.3) is 0 Å². The highest BCUT2D eigenvalue weighted by atomic mass is 15.0. The molecule has 0 saturated carbocycles. The lowest BCUT2D eigenvalue weighted by atomic mass is 10.1. The summed E-state index contributed by atoms with van der Waals surface area (Å²) in [6.45, 7) is 9.58. The van der Waals surface area contributed by atoms with Gasteiger partial charge in [0.15, 0.2) is 0 Å². The number of allylic oxidation sites excluding steroid dienone is 1. The molecule has 2 N–H and O–H groups in total. The molecule has 0 fully saturated rings. The smallest absolute Gasteiger partial charge is 0.0488 e. The van der Waals surface area contributed by atoms with E-state index in [-0.39, 0.29) is 0 Å². The van der Waals surface area contributed by atoms with E-state index in [1.54, 1.807) is 0 Å². The Kier molecular flexibility index (Phi) is 2.84. The molecule has 0 amide bonds. The third kappa shape index (κ3) is 1.55. The van der Waals surface area contributed by atoms with Gasteiger partial charge in [-0.2, -0.15) is 0 Å². The lowest BCUT2D eigenvalue weighted by Crippen LogP contribution is -1.98. The molecular formula is C14H18N2. The SMILES string of the molecule is C=CCn1c(C)c(C)c2cc(CN)ccc21. The first-order valence-electron chi connectivity index (χ1n) is 5.58. The minimum Gasteiger partial charge on any atom is -0.341 e. The van der Waals surface area contributed by atoms with E-state index in [1.807, 2.05) is 6.08 Å². The second-order valence-electron chi connectivity index (χ2n) is 4.17. The monoisotopic (exact) mass is 214 g/mol. The molecule has 0 spiro atoms. The molecule has 0 aliphatic carbocycles. The normalized spacial score (nSPS) is 10.9. The zero-order valence-electron chi connectivity index (χ0n) is 9.96. The Morgan fingerprint density at radius 1 is 1.38 bits per heavy atom. The number of hydrogen-bond acceptors (Lipinski definition) is 1. The van der Waals surface area contributed by atoms with Crippen molar-refractivity contribution in [2.24, 2.45) is 5.73 Å². The molecular weight excluding hydrogens is 196 g/mol. The average molecular weight is 214 g/mol. The quantitative estimate of drug-likeness (QED) is 0.782. The first kappa shape index (κ1) is 11.0. The van der Waals surface area contributed by atoms with E-state index in [0.29, 0.717) is 6.54 Å². The summed E-state index contributed by atoms with van der Waals surface area (Å²) < 4.78 is 2.29. The summed E-state index contributed by atoms with van der Waals surface area (Å²) in [6, 6.07) is 6.44. The topological polar surface area (TPSA) is 30.9 Å². The maximum atomic E-state index is 5.67. The Bertz CT molecular complexity index is 535. The van der Waals surface area contributed by atoms with Crippen LogP contribution in [0.4, 0.5) is 0 Å². The highest BCUT2D eigenvalue weighted by molar-refractivity contribution is 5.86. The van der Waals surface area contributed by atoms with Crippen molar-refractivity contribution < 1.29 is 0 Å². The minimum atomic E-state index is 0.598. The van der Waals surface area contributed by atoms with E-state index >= 15 is 0 Å². The summed E-state index contributed by atoms with van der Waals surface area (Å²) in [5, 5.41) is 1.31. The van der Waals surface area contributed by atoms with Gasteiger partial charge in [0.1, 0.15) is 0 Å². The van der Waals surface area contributed by atoms with Crippen molar-refractivity contribution in [1.82, 2.24) is 4.57 Å². The van der Waals surface area contributed by atoms with E-state index in [2.05, 4.69) is 43.2 Å². The van der Waals surface area contributed by atoms with Crippen LogP contribution in [0.25, 0.3) is 10.9 Å². The van der Waals surface area contributed by atoms with Gasteiger partial charge in [0, 0.05) is 29.7 Å². The molecule has 0 atom stereocenters. The first-order chi connectivity index (χ1) is 7.69. The van der Waals surface area contributed by atoms with Crippen LogP contribution in [0.2, 0.25) is 0 Å². The second kappa shape index (κ2) is 4.14. The zero-order valence-corrected chi connectivity index (χ0v) is 9.96. The van der Waals surface area contributed by atoms with Gasteiger partial charge in [0.2, 0.25) is 0 Å². The molecule has 0 aliphatic heterocycles. The molecule has 1 aromatic heterocycles. The number of aromatic nitrogens is 1. The second-order valence-corrected chi connectivity index (χ2v) is 4.17. The van der Waals surface area contributed by atoms with Crippen LogP contribution in [0.3, 0.4) is 0 Å². The van der Waals surface area contributed by atoms with Gasteiger partial charge < -0.3 is 10.3 Å². The van der Waals surface area contributed by atoms with Crippen molar-refractivity contribution in [1.29, 1.82) is 0 Å². The van der Waals surface area contributed by atoms with Crippen molar-refractivity contribution in [3.05, 3.63) is 47.7 Å². The summed E-state index contributed by atoms with van der Waals surface area (Å²) in [7, 11) is 0. The first-order valence-corrected chi connectivity index (χ1v) is 5.58. The van der Waals surface area contributed by atoms with Crippen molar-refractivity contribution in [2.75, 3.05) is 0 Å². The van der Waals surface area contributed by atoms with Crippen LogP contribution < -0.4 is 5.73 Å². The summed E-state index contributed by atoms with van der Waals surface area (Å²) in [5.74, 6) is 0. The van der Waals surface area contributed by atoms with Crippen molar-refractivity contribution in [2.45, 2.75) is 26.9 Å².